The van der Waals surface area contributed by atoms with E-state index in [0.29, 0.717) is 12.3 Å². The normalized spacial score (nSPS) is 43.7. The molecule has 0 aromatic carbocycles. The molecule has 0 bridgehead atoms. The molecule has 52 valence electrons. The van der Waals surface area contributed by atoms with Crippen LogP contribution in [0.5, 0.6) is 0 Å². The summed E-state index contributed by atoms with van der Waals surface area (Å²) < 4.78 is 5.57. The Morgan fingerprint density at radius 1 is 1.44 bits per heavy atom. The Kier molecular flexibility index (Phi) is 1.24. The molecule has 1 saturated carbocycles. The molecule has 2 rings (SSSR count). The fourth-order valence-electron chi connectivity index (χ4n) is 1.31. The summed E-state index contributed by atoms with van der Waals surface area (Å²) in [6.45, 7) is 3.16. The molecule has 1 aliphatic carbocycles. The van der Waals surface area contributed by atoms with Gasteiger partial charge in [0.05, 0.1) is 6.10 Å². The number of hydrogen-bond donors (Lipinski definition) is 1. The number of ether oxygens (including phenoxy) is 1. The standard InChI is InChI=1S/C7H13NO/c1-5-4-8-7(9-5)6-2-3-6/h5-8H,2-4H2,1H3. The van der Waals surface area contributed by atoms with E-state index in [-0.39, 0.29) is 0 Å². The first-order chi connectivity index (χ1) is 4.36. The van der Waals surface area contributed by atoms with Crippen LogP contribution in [0.3, 0.4) is 0 Å². The summed E-state index contributed by atoms with van der Waals surface area (Å²) in [6, 6.07) is 0. The summed E-state index contributed by atoms with van der Waals surface area (Å²) in [7, 11) is 0. The molecule has 2 heteroatoms. The Hall–Kier alpha value is -0.0800. The van der Waals surface area contributed by atoms with E-state index in [9.17, 15) is 0 Å². The lowest BCUT2D eigenvalue weighted by atomic mass is 10.4. The van der Waals surface area contributed by atoms with Gasteiger partial charge in [0.15, 0.2) is 0 Å². The fourth-order valence-corrected chi connectivity index (χ4v) is 1.31. The largest absolute Gasteiger partial charge is 0.359 e. The average Bonchev–Trinajstić information content (AvgIpc) is 2.58. The molecule has 1 saturated heterocycles. The van der Waals surface area contributed by atoms with Crippen LogP contribution in [0.25, 0.3) is 0 Å². The van der Waals surface area contributed by atoms with Crippen molar-refractivity contribution in [1.29, 1.82) is 0 Å². The van der Waals surface area contributed by atoms with Gasteiger partial charge in [-0.15, -0.1) is 0 Å². The van der Waals surface area contributed by atoms with E-state index in [4.69, 9.17) is 4.74 Å². The van der Waals surface area contributed by atoms with Crippen LogP contribution >= 0.6 is 0 Å². The monoisotopic (exact) mass is 127 g/mol. The van der Waals surface area contributed by atoms with Crippen molar-refractivity contribution >= 4 is 0 Å². The molecule has 2 unspecified atom stereocenters. The summed E-state index contributed by atoms with van der Waals surface area (Å²) in [5.41, 5.74) is 0. The second-order valence-corrected chi connectivity index (χ2v) is 3.11. The zero-order chi connectivity index (χ0) is 6.27. The third-order valence-electron chi connectivity index (χ3n) is 2.04. The molecule has 0 aromatic rings. The lowest BCUT2D eigenvalue weighted by Crippen LogP contribution is -2.24. The third-order valence-corrected chi connectivity index (χ3v) is 2.04. The van der Waals surface area contributed by atoms with Gasteiger partial charge in [-0.2, -0.15) is 0 Å². The zero-order valence-corrected chi connectivity index (χ0v) is 5.76. The second-order valence-electron chi connectivity index (χ2n) is 3.11. The van der Waals surface area contributed by atoms with Crippen LogP contribution in [-0.2, 0) is 4.74 Å². The highest BCUT2D eigenvalue weighted by Crippen LogP contribution is 2.34. The summed E-state index contributed by atoms with van der Waals surface area (Å²) in [5, 5.41) is 3.35. The van der Waals surface area contributed by atoms with Crippen molar-refractivity contribution in [3.8, 4) is 0 Å². The average molecular weight is 127 g/mol. The van der Waals surface area contributed by atoms with Crippen molar-refractivity contribution in [3.63, 3.8) is 0 Å². The molecular formula is C7H13NO. The molecule has 0 radical (unpaired) electrons. The van der Waals surface area contributed by atoms with Gasteiger partial charge >= 0.3 is 0 Å². The van der Waals surface area contributed by atoms with Crippen LogP contribution < -0.4 is 5.32 Å². The minimum Gasteiger partial charge on any atom is -0.359 e. The maximum Gasteiger partial charge on any atom is 0.111 e. The van der Waals surface area contributed by atoms with E-state index in [2.05, 4.69) is 12.2 Å². The van der Waals surface area contributed by atoms with E-state index in [1.54, 1.807) is 0 Å². The van der Waals surface area contributed by atoms with E-state index in [0.717, 1.165) is 12.5 Å². The Bertz CT molecular complexity index is 111. The van der Waals surface area contributed by atoms with Gasteiger partial charge in [0.25, 0.3) is 0 Å². The van der Waals surface area contributed by atoms with E-state index in [1.165, 1.54) is 12.8 Å². The quantitative estimate of drug-likeness (QED) is 0.560. The first-order valence-corrected chi connectivity index (χ1v) is 3.75. The van der Waals surface area contributed by atoms with Crippen LogP contribution in [0.4, 0.5) is 0 Å². The summed E-state index contributed by atoms with van der Waals surface area (Å²) in [6.07, 6.45) is 3.57. The summed E-state index contributed by atoms with van der Waals surface area (Å²) in [4.78, 5) is 0. The van der Waals surface area contributed by atoms with Crippen molar-refractivity contribution in [3.05, 3.63) is 0 Å². The van der Waals surface area contributed by atoms with E-state index < -0.39 is 0 Å². The third kappa shape index (κ3) is 1.10. The zero-order valence-electron chi connectivity index (χ0n) is 5.76. The molecule has 9 heavy (non-hydrogen) atoms. The van der Waals surface area contributed by atoms with Gasteiger partial charge < -0.3 is 4.74 Å². The second kappa shape index (κ2) is 1.96. The minimum atomic E-state index is 0.403. The molecular weight excluding hydrogens is 114 g/mol. The predicted molar refractivity (Wildman–Crippen MR) is 35.1 cm³/mol. The predicted octanol–water partition coefficient (Wildman–Crippen LogP) is 0.731. The van der Waals surface area contributed by atoms with Gasteiger partial charge in [-0.3, -0.25) is 5.32 Å². The van der Waals surface area contributed by atoms with Gasteiger partial charge in [0.1, 0.15) is 6.23 Å². The SMILES string of the molecule is CC1CNC(C2CC2)O1. The molecule has 2 fully saturated rings. The van der Waals surface area contributed by atoms with Crippen molar-refractivity contribution in [2.24, 2.45) is 5.92 Å². The maximum absolute atomic E-state index is 5.57. The van der Waals surface area contributed by atoms with Crippen LogP contribution in [0.15, 0.2) is 0 Å². The highest BCUT2D eigenvalue weighted by Gasteiger charge is 2.35. The molecule has 2 aliphatic rings. The van der Waals surface area contributed by atoms with Crippen molar-refractivity contribution in [2.75, 3.05) is 6.54 Å². The van der Waals surface area contributed by atoms with Gasteiger partial charge in [0.2, 0.25) is 0 Å². The van der Waals surface area contributed by atoms with Gasteiger partial charge in [-0.1, -0.05) is 0 Å². The van der Waals surface area contributed by atoms with E-state index in [1.807, 2.05) is 0 Å². The van der Waals surface area contributed by atoms with Crippen LogP contribution in [0, 0.1) is 5.92 Å². The molecule has 0 amide bonds. The highest BCUT2D eigenvalue weighted by molar-refractivity contribution is 4.84. The number of hydrogen-bond acceptors (Lipinski definition) is 2. The van der Waals surface area contributed by atoms with E-state index >= 15 is 0 Å². The Morgan fingerprint density at radius 2 is 2.22 bits per heavy atom. The Morgan fingerprint density at radius 3 is 2.67 bits per heavy atom. The molecule has 2 atom stereocenters. The lowest BCUT2D eigenvalue weighted by molar-refractivity contribution is 0.0377. The summed E-state index contributed by atoms with van der Waals surface area (Å²) >= 11 is 0. The Balaban J connectivity index is 1.86. The van der Waals surface area contributed by atoms with Crippen LogP contribution in [0.1, 0.15) is 19.8 Å². The fraction of sp³-hybridized carbons (Fsp3) is 1.00. The van der Waals surface area contributed by atoms with Gasteiger partial charge in [0, 0.05) is 6.54 Å². The van der Waals surface area contributed by atoms with Crippen LogP contribution in [-0.4, -0.2) is 18.9 Å². The maximum atomic E-state index is 5.57. The molecule has 1 N–H and O–H groups in total. The summed E-state index contributed by atoms with van der Waals surface area (Å²) in [5.74, 6) is 0.843. The first-order valence-electron chi connectivity index (χ1n) is 3.75. The number of rotatable bonds is 1. The van der Waals surface area contributed by atoms with Crippen molar-refractivity contribution < 1.29 is 4.74 Å². The molecule has 1 aliphatic heterocycles. The molecule has 0 aromatic heterocycles. The van der Waals surface area contributed by atoms with Gasteiger partial charge in [-0.05, 0) is 25.7 Å². The number of nitrogens with one attached hydrogen (secondary N) is 1. The van der Waals surface area contributed by atoms with Crippen LogP contribution in [0.2, 0.25) is 0 Å². The highest BCUT2D eigenvalue weighted by atomic mass is 16.5. The lowest BCUT2D eigenvalue weighted by Gasteiger charge is -2.07. The van der Waals surface area contributed by atoms with Crippen molar-refractivity contribution in [2.45, 2.75) is 32.1 Å². The smallest absolute Gasteiger partial charge is 0.111 e. The van der Waals surface area contributed by atoms with Crippen molar-refractivity contribution in [1.82, 2.24) is 5.32 Å². The first kappa shape index (κ1) is 5.69. The Labute approximate surface area is 55.6 Å². The molecule has 2 nitrogen and oxygen atoms in total. The topological polar surface area (TPSA) is 21.3 Å². The molecule has 0 spiro atoms. The minimum absolute atomic E-state index is 0.403. The molecule has 1 heterocycles. The van der Waals surface area contributed by atoms with Gasteiger partial charge in [-0.25, -0.2) is 0 Å².